The summed E-state index contributed by atoms with van der Waals surface area (Å²) in [6.45, 7) is 7.11. The molecule has 1 heterocycles. The maximum atomic E-state index is 13.2. The molecule has 0 aromatic heterocycles. The normalized spacial score (nSPS) is 24.1. The fraction of sp³-hybridized carbons (Fsp3) is 0.600. The Hall–Kier alpha value is -1.33. The SMILES string of the molecule is CC(C)(C)N1CC(Oc2cc(F)ccc2N)CC1CO. The zero-order valence-electron chi connectivity index (χ0n) is 12.3. The molecule has 2 atom stereocenters. The van der Waals surface area contributed by atoms with Gasteiger partial charge in [0.15, 0.2) is 0 Å². The third-order valence-corrected chi connectivity index (χ3v) is 3.72. The van der Waals surface area contributed by atoms with Crippen LogP contribution in [-0.2, 0) is 0 Å². The molecule has 2 unspecified atom stereocenters. The molecule has 1 aliphatic heterocycles. The molecule has 4 nitrogen and oxygen atoms in total. The topological polar surface area (TPSA) is 58.7 Å². The summed E-state index contributed by atoms with van der Waals surface area (Å²) in [4.78, 5) is 2.22. The third kappa shape index (κ3) is 3.22. The summed E-state index contributed by atoms with van der Waals surface area (Å²) in [5.41, 5.74) is 6.19. The monoisotopic (exact) mass is 282 g/mol. The smallest absolute Gasteiger partial charge is 0.145 e. The molecule has 2 rings (SSSR count). The van der Waals surface area contributed by atoms with Crippen LogP contribution in [0.5, 0.6) is 5.75 Å². The molecule has 0 saturated carbocycles. The average molecular weight is 282 g/mol. The number of nitrogens with zero attached hydrogens (tertiary/aromatic N) is 1. The minimum absolute atomic E-state index is 0.0427. The molecule has 1 aromatic carbocycles. The Labute approximate surface area is 119 Å². The van der Waals surface area contributed by atoms with Crippen LogP contribution in [0.3, 0.4) is 0 Å². The Morgan fingerprint density at radius 3 is 2.70 bits per heavy atom. The van der Waals surface area contributed by atoms with E-state index in [1.807, 2.05) is 0 Å². The highest BCUT2D eigenvalue weighted by molar-refractivity contribution is 5.52. The van der Waals surface area contributed by atoms with Crippen molar-refractivity contribution in [2.75, 3.05) is 18.9 Å². The number of rotatable bonds is 3. The number of benzene rings is 1. The van der Waals surface area contributed by atoms with E-state index in [4.69, 9.17) is 10.5 Å². The van der Waals surface area contributed by atoms with Crippen LogP contribution >= 0.6 is 0 Å². The number of nitrogens with two attached hydrogens (primary N) is 1. The van der Waals surface area contributed by atoms with Gasteiger partial charge < -0.3 is 15.6 Å². The Kier molecular flexibility index (Phi) is 4.20. The number of nitrogen functional groups attached to an aromatic ring is 1. The highest BCUT2D eigenvalue weighted by Gasteiger charge is 2.38. The molecule has 5 heteroatoms. The number of likely N-dealkylation sites (tertiary alicyclic amines) is 1. The van der Waals surface area contributed by atoms with Gasteiger partial charge in [-0.05, 0) is 32.9 Å². The largest absolute Gasteiger partial charge is 0.487 e. The van der Waals surface area contributed by atoms with Crippen molar-refractivity contribution in [3.8, 4) is 5.75 Å². The fourth-order valence-electron chi connectivity index (χ4n) is 2.74. The molecular formula is C15H23FN2O2. The van der Waals surface area contributed by atoms with Gasteiger partial charge >= 0.3 is 0 Å². The maximum Gasteiger partial charge on any atom is 0.145 e. The van der Waals surface area contributed by atoms with Crippen LogP contribution in [0.1, 0.15) is 27.2 Å². The standard InChI is InChI=1S/C15H23FN2O2/c1-15(2,3)18-8-12(7-11(18)9-19)20-14-6-10(16)4-5-13(14)17/h4-6,11-12,19H,7-9,17H2,1-3H3. The summed E-state index contributed by atoms with van der Waals surface area (Å²) in [7, 11) is 0. The van der Waals surface area contributed by atoms with E-state index in [0.29, 0.717) is 24.4 Å². The van der Waals surface area contributed by atoms with Gasteiger partial charge in [0.1, 0.15) is 17.7 Å². The van der Waals surface area contributed by atoms with Gasteiger partial charge in [0.05, 0.1) is 12.3 Å². The highest BCUT2D eigenvalue weighted by atomic mass is 19.1. The van der Waals surface area contributed by atoms with Crippen molar-refractivity contribution in [3.05, 3.63) is 24.0 Å². The minimum Gasteiger partial charge on any atom is -0.487 e. The minimum atomic E-state index is -0.362. The van der Waals surface area contributed by atoms with Crippen LogP contribution in [0.15, 0.2) is 18.2 Å². The average Bonchev–Trinajstić information content (AvgIpc) is 2.77. The number of aliphatic hydroxyl groups excluding tert-OH is 1. The zero-order valence-corrected chi connectivity index (χ0v) is 12.3. The van der Waals surface area contributed by atoms with Crippen molar-refractivity contribution < 1.29 is 14.2 Å². The predicted molar refractivity (Wildman–Crippen MR) is 77.2 cm³/mol. The number of hydrogen-bond acceptors (Lipinski definition) is 4. The summed E-state index contributed by atoms with van der Waals surface area (Å²) in [6.07, 6.45) is 0.625. The third-order valence-electron chi connectivity index (χ3n) is 3.72. The van der Waals surface area contributed by atoms with Gasteiger partial charge in [-0.15, -0.1) is 0 Å². The molecule has 1 saturated heterocycles. The number of halogens is 1. The Bertz CT molecular complexity index is 473. The Balaban J connectivity index is 2.10. The number of ether oxygens (including phenoxy) is 1. The molecule has 0 aliphatic carbocycles. The summed E-state index contributed by atoms with van der Waals surface area (Å²) >= 11 is 0. The lowest BCUT2D eigenvalue weighted by Crippen LogP contribution is -2.46. The zero-order chi connectivity index (χ0) is 14.9. The summed E-state index contributed by atoms with van der Waals surface area (Å²) in [5, 5.41) is 9.50. The van der Waals surface area contributed by atoms with Crippen molar-refractivity contribution in [3.63, 3.8) is 0 Å². The highest BCUT2D eigenvalue weighted by Crippen LogP contribution is 2.31. The van der Waals surface area contributed by atoms with Crippen LogP contribution in [0.25, 0.3) is 0 Å². The van der Waals surface area contributed by atoms with Crippen molar-refractivity contribution in [2.24, 2.45) is 0 Å². The molecule has 1 aliphatic rings. The predicted octanol–water partition coefficient (Wildman–Crippen LogP) is 2.02. The Morgan fingerprint density at radius 2 is 2.15 bits per heavy atom. The Morgan fingerprint density at radius 1 is 1.45 bits per heavy atom. The second-order valence-corrected chi connectivity index (χ2v) is 6.32. The van der Waals surface area contributed by atoms with Crippen molar-refractivity contribution in [2.45, 2.75) is 44.9 Å². The molecule has 0 bridgehead atoms. The van der Waals surface area contributed by atoms with Gasteiger partial charge in [0.2, 0.25) is 0 Å². The first-order chi connectivity index (χ1) is 9.31. The second-order valence-electron chi connectivity index (χ2n) is 6.32. The molecule has 0 spiro atoms. The molecule has 1 aromatic rings. The van der Waals surface area contributed by atoms with Gasteiger partial charge in [-0.3, -0.25) is 4.90 Å². The van der Waals surface area contributed by atoms with Crippen LogP contribution in [0, 0.1) is 5.82 Å². The van der Waals surface area contributed by atoms with E-state index in [2.05, 4.69) is 25.7 Å². The van der Waals surface area contributed by atoms with E-state index < -0.39 is 0 Å². The fourth-order valence-corrected chi connectivity index (χ4v) is 2.74. The summed E-state index contributed by atoms with van der Waals surface area (Å²) < 4.78 is 19.1. The quantitative estimate of drug-likeness (QED) is 0.833. The summed E-state index contributed by atoms with van der Waals surface area (Å²) in [6, 6.07) is 4.19. The lowest BCUT2D eigenvalue weighted by molar-refractivity contribution is 0.0764. The molecule has 20 heavy (non-hydrogen) atoms. The van der Waals surface area contributed by atoms with Crippen molar-refractivity contribution >= 4 is 5.69 Å². The number of anilines is 1. The molecule has 0 radical (unpaired) electrons. The van der Waals surface area contributed by atoms with Crippen molar-refractivity contribution in [1.82, 2.24) is 4.90 Å². The van der Waals surface area contributed by atoms with E-state index in [1.54, 1.807) is 0 Å². The van der Waals surface area contributed by atoms with E-state index >= 15 is 0 Å². The first-order valence-corrected chi connectivity index (χ1v) is 6.90. The second kappa shape index (κ2) is 5.58. The van der Waals surface area contributed by atoms with Crippen LogP contribution in [-0.4, -0.2) is 40.8 Å². The van der Waals surface area contributed by atoms with Gasteiger partial charge in [-0.2, -0.15) is 0 Å². The molecular weight excluding hydrogens is 259 g/mol. The molecule has 112 valence electrons. The number of hydrogen-bond donors (Lipinski definition) is 2. The summed E-state index contributed by atoms with van der Waals surface area (Å²) in [5.74, 6) is 0.0148. The van der Waals surface area contributed by atoms with Gasteiger partial charge in [0.25, 0.3) is 0 Å². The maximum absolute atomic E-state index is 13.2. The van der Waals surface area contributed by atoms with E-state index in [9.17, 15) is 9.50 Å². The van der Waals surface area contributed by atoms with Crippen LogP contribution in [0.2, 0.25) is 0 Å². The molecule has 1 fully saturated rings. The molecule has 0 amide bonds. The van der Waals surface area contributed by atoms with E-state index in [1.165, 1.54) is 18.2 Å². The van der Waals surface area contributed by atoms with Crippen molar-refractivity contribution in [1.29, 1.82) is 0 Å². The first-order valence-electron chi connectivity index (χ1n) is 6.90. The van der Waals surface area contributed by atoms with Crippen LogP contribution in [0.4, 0.5) is 10.1 Å². The van der Waals surface area contributed by atoms with E-state index in [-0.39, 0.29) is 30.1 Å². The van der Waals surface area contributed by atoms with E-state index in [0.717, 1.165) is 0 Å². The van der Waals surface area contributed by atoms with Gasteiger partial charge in [-0.1, -0.05) is 0 Å². The van der Waals surface area contributed by atoms with Crippen LogP contribution < -0.4 is 10.5 Å². The number of aliphatic hydroxyl groups is 1. The lowest BCUT2D eigenvalue weighted by Gasteiger charge is -2.35. The van der Waals surface area contributed by atoms with Gasteiger partial charge in [-0.25, -0.2) is 4.39 Å². The van der Waals surface area contributed by atoms with Gasteiger partial charge in [0, 0.05) is 30.6 Å². The first kappa shape index (κ1) is 15.1. The molecule has 3 N–H and O–H groups in total. The lowest BCUT2D eigenvalue weighted by atomic mass is 10.1.